The fourth-order valence-corrected chi connectivity index (χ4v) is 3.73. The molecule has 0 bridgehead atoms. The number of nitrogens with two attached hydrogens (primary N) is 1. The predicted molar refractivity (Wildman–Crippen MR) is 89.7 cm³/mol. The lowest BCUT2D eigenvalue weighted by atomic mass is 10.1. The number of benzene rings is 2. The van der Waals surface area contributed by atoms with E-state index in [0.29, 0.717) is 6.42 Å². The maximum Gasteiger partial charge on any atom is 0.240 e. The molecule has 0 fully saturated rings. The molecule has 2 aromatic carbocycles. The fourth-order valence-electron chi connectivity index (χ4n) is 2.02. The zero-order valence-electron chi connectivity index (χ0n) is 13.0. The predicted octanol–water partition coefficient (Wildman–Crippen LogP) is 0.864. The fraction of sp³-hybridized carbons (Fsp3) is 0.200. The largest absolute Gasteiger partial charge is 0.497 e. The summed E-state index contributed by atoms with van der Waals surface area (Å²) < 4.78 is 54.6. The Bertz CT molecular complexity index is 907. The van der Waals surface area contributed by atoms with E-state index in [9.17, 15) is 16.8 Å². The maximum atomic E-state index is 12.2. The molecule has 130 valence electrons. The van der Waals surface area contributed by atoms with Crippen molar-refractivity contribution in [2.24, 2.45) is 5.14 Å². The zero-order valence-corrected chi connectivity index (χ0v) is 14.6. The smallest absolute Gasteiger partial charge is 0.240 e. The number of hydrogen-bond donors (Lipinski definition) is 2. The molecule has 0 radical (unpaired) electrons. The molecule has 0 atom stereocenters. The van der Waals surface area contributed by atoms with Gasteiger partial charge in [-0.05, 0) is 42.3 Å². The van der Waals surface area contributed by atoms with Gasteiger partial charge in [-0.25, -0.2) is 26.7 Å². The topological polar surface area (TPSA) is 116 Å². The molecule has 24 heavy (non-hydrogen) atoms. The van der Waals surface area contributed by atoms with Crippen LogP contribution in [0.2, 0.25) is 0 Å². The van der Waals surface area contributed by atoms with Crippen LogP contribution in [-0.4, -0.2) is 30.5 Å². The Morgan fingerprint density at radius 3 is 2.21 bits per heavy atom. The summed E-state index contributed by atoms with van der Waals surface area (Å²) in [6.07, 6.45) is 0.484. The first-order valence-electron chi connectivity index (χ1n) is 6.98. The number of primary sulfonamides is 1. The Morgan fingerprint density at radius 2 is 1.62 bits per heavy atom. The van der Waals surface area contributed by atoms with E-state index >= 15 is 0 Å². The lowest BCUT2D eigenvalue weighted by molar-refractivity contribution is 0.414. The monoisotopic (exact) mass is 370 g/mol. The molecule has 0 saturated carbocycles. The van der Waals surface area contributed by atoms with Gasteiger partial charge in [0.25, 0.3) is 0 Å². The Labute approximate surface area is 141 Å². The van der Waals surface area contributed by atoms with Crippen LogP contribution in [0.4, 0.5) is 0 Å². The molecule has 2 rings (SSSR count). The molecule has 2 aromatic rings. The molecule has 0 aliphatic heterocycles. The minimum atomic E-state index is -3.96. The molecular weight excluding hydrogens is 352 g/mol. The molecule has 9 heteroatoms. The van der Waals surface area contributed by atoms with Crippen molar-refractivity contribution in [3.05, 3.63) is 54.1 Å². The van der Waals surface area contributed by atoms with Gasteiger partial charge in [-0.1, -0.05) is 18.2 Å². The second-order valence-corrected chi connectivity index (χ2v) is 8.34. The minimum Gasteiger partial charge on any atom is -0.497 e. The lowest BCUT2D eigenvalue weighted by Crippen LogP contribution is -2.26. The van der Waals surface area contributed by atoms with Crippen LogP contribution < -0.4 is 14.6 Å². The third-order valence-electron chi connectivity index (χ3n) is 3.31. The van der Waals surface area contributed by atoms with E-state index in [1.54, 1.807) is 19.2 Å². The van der Waals surface area contributed by atoms with E-state index in [-0.39, 0.29) is 16.3 Å². The van der Waals surface area contributed by atoms with Crippen molar-refractivity contribution >= 4 is 20.0 Å². The zero-order chi connectivity index (χ0) is 17.8. The summed E-state index contributed by atoms with van der Waals surface area (Å²) in [7, 11) is -6.21. The first-order valence-corrected chi connectivity index (χ1v) is 10.0. The molecule has 0 heterocycles. The number of hydrogen-bond acceptors (Lipinski definition) is 5. The van der Waals surface area contributed by atoms with Crippen LogP contribution in [0, 0.1) is 0 Å². The van der Waals surface area contributed by atoms with Crippen LogP contribution in [0.15, 0.2) is 58.3 Å². The summed E-state index contributed by atoms with van der Waals surface area (Å²) in [6, 6.07) is 12.2. The summed E-state index contributed by atoms with van der Waals surface area (Å²) in [5, 5.41) is 5.02. The van der Waals surface area contributed by atoms with Gasteiger partial charge in [0.05, 0.1) is 16.9 Å². The van der Waals surface area contributed by atoms with E-state index in [1.807, 2.05) is 12.1 Å². The highest BCUT2D eigenvalue weighted by molar-refractivity contribution is 7.90. The normalized spacial score (nSPS) is 12.1. The van der Waals surface area contributed by atoms with Crippen molar-refractivity contribution in [1.29, 1.82) is 0 Å². The highest BCUT2D eigenvalue weighted by Crippen LogP contribution is 2.15. The van der Waals surface area contributed by atoms with E-state index < -0.39 is 20.0 Å². The summed E-state index contributed by atoms with van der Waals surface area (Å²) in [4.78, 5) is -0.399. The van der Waals surface area contributed by atoms with Crippen LogP contribution in [0.3, 0.4) is 0 Å². The van der Waals surface area contributed by atoms with Crippen LogP contribution in [0.25, 0.3) is 0 Å². The Morgan fingerprint density at radius 1 is 1.00 bits per heavy atom. The summed E-state index contributed by atoms with van der Waals surface area (Å²) in [5.41, 5.74) is 0.941. The lowest BCUT2D eigenvalue weighted by Gasteiger charge is -2.08. The Kier molecular flexibility index (Phi) is 5.60. The maximum absolute atomic E-state index is 12.2. The number of rotatable bonds is 7. The Hall–Kier alpha value is -1.94. The van der Waals surface area contributed by atoms with Crippen molar-refractivity contribution < 1.29 is 21.6 Å². The average Bonchev–Trinajstić information content (AvgIpc) is 2.55. The molecule has 0 amide bonds. The summed E-state index contributed by atoms with van der Waals surface area (Å²) in [6.45, 7) is 0.175. The molecule has 0 aliphatic carbocycles. The van der Waals surface area contributed by atoms with Gasteiger partial charge in [0.15, 0.2) is 0 Å². The van der Waals surface area contributed by atoms with Crippen LogP contribution in [0.1, 0.15) is 5.56 Å². The van der Waals surface area contributed by atoms with Crippen molar-refractivity contribution in [3.63, 3.8) is 0 Å². The van der Waals surface area contributed by atoms with Gasteiger partial charge in [-0.3, -0.25) is 0 Å². The molecule has 7 nitrogen and oxygen atoms in total. The number of nitrogens with one attached hydrogen (secondary N) is 1. The van der Waals surface area contributed by atoms with E-state index in [1.165, 1.54) is 18.2 Å². The second kappa shape index (κ2) is 7.31. The van der Waals surface area contributed by atoms with Gasteiger partial charge < -0.3 is 4.74 Å². The van der Waals surface area contributed by atoms with Gasteiger partial charge >= 0.3 is 0 Å². The van der Waals surface area contributed by atoms with Gasteiger partial charge in [-0.15, -0.1) is 0 Å². The van der Waals surface area contributed by atoms with Gasteiger partial charge in [0.1, 0.15) is 5.75 Å². The van der Waals surface area contributed by atoms with E-state index in [4.69, 9.17) is 9.88 Å². The SMILES string of the molecule is COc1ccc(CCNS(=O)(=O)c2cccc(S(N)(=O)=O)c2)cc1. The number of methoxy groups -OCH3 is 1. The van der Waals surface area contributed by atoms with Crippen molar-refractivity contribution in [2.45, 2.75) is 16.2 Å². The third kappa shape index (κ3) is 4.78. The highest BCUT2D eigenvalue weighted by atomic mass is 32.2. The summed E-state index contributed by atoms with van der Waals surface area (Å²) >= 11 is 0. The quantitative estimate of drug-likeness (QED) is 0.750. The molecule has 0 unspecified atom stereocenters. The minimum absolute atomic E-state index is 0.149. The second-order valence-electron chi connectivity index (χ2n) is 5.02. The first kappa shape index (κ1) is 18.4. The van der Waals surface area contributed by atoms with Crippen molar-refractivity contribution in [1.82, 2.24) is 4.72 Å². The van der Waals surface area contributed by atoms with Crippen LogP contribution in [0.5, 0.6) is 5.75 Å². The first-order chi connectivity index (χ1) is 11.2. The van der Waals surface area contributed by atoms with Gasteiger partial charge in [0, 0.05) is 6.54 Å². The molecular formula is C15H18N2O5S2. The van der Waals surface area contributed by atoms with Gasteiger partial charge in [0.2, 0.25) is 20.0 Å². The molecule has 0 spiro atoms. The molecule has 0 aromatic heterocycles. The van der Waals surface area contributed by atoms with Crippen molar-refractivity contribution in [3.8, 4) is 5.75 Å². The number of ether oxygens (including phenoxy) is 1. The van der Waals surface area contributed by atoms with Crippen LogP contribution >= 0.6 is 0 Å². The third-order valence-corrected chi connectivity index (χ3v) is 5.68. The van der Waals surface area contributed by atoms with E-state index in [2.05, 4.69) is 4.72 Å². The Balaban J connectivity index is 2.05. The molecule has 0 aliphatic rings. The number of sulfonamides is 2. The standard InChI is InChI=1S/C15H18N2O5S2/c1-22-13-7-5-12(6-8-13)9-10-17-24(20,21)15-4-2-3-14(11-15)23(16,18)19/h2-8,11,17H,9-10H2,1H3,(H2,16,18,19). The molecule has 3 N–H and O–H groups in total. The van der Waals surface area contributed by atoms with E-state index in [0.717, 1.165) is 17.4 Å². The highest BCUT2D eigenvalue weighted by Gasteiger charge is 2.16. The summed E-state index contributed by atoms with van der Waals surface area (Å²) in [5.74, 6) is 0.721. The van der Waals surface area contributed by atoms with Gasteiger partial charge in [-0.2, -0.15) is 0 Å². The van der Waals surface area contributed by atoms with Crippen LogP contribution in [-0.2, 0) is 26.5 Å². The van der Waals surface area contributed by atoms with Crippen molar-refractivity contribution in [2.75, 3.05) is 13.7 Å². The average molecular weight is 370 g/mol. The molecule has 0 saturated heterocycles.